The van der Waals surface area contributed by atoms with Gasteiger partial charge in [0.1, 0.15) is 11.9 Å². The van der Waals surface area contributed by atoms with Crippen LogP contribution in [0.1, 0.15) is 29.8 Å². The van der Waals surface area contributed by atoms with Crippen LogP contribution in [0.2, 0.25) is 0 Å². The fourth-order valence-corrected chi connectivity index (χ4v) is 3.77. The summed E-state index contributed by atoms with van der Waals surface area (Å²) in [6.07, 6.45) is 0.615. The number of nitrogens with one attached hydrogen (secondary N) is 2. The van der Waals surface area contributed by atoms with Crippen LogP contribution in [0.4, 0.5) is 4.39 Å². The van der Waals surface area contributed by atoms with Crippen LogP contribution < -0.4 is 10.9 Å². The van der Waals surface area contributed by atoms with Gasteiger partial charge in [-0.05, 0) is 24.1 Å². The quantitative estimate of drug-likeness (QED) is 0.708. The minimum atomic E-state index is -0.312. The Hall–Kier alpha value is -3.10. The number of nitrogens with zero attached hydrogens (tertiary/aromatic N) is 3. The fraction of sp³-hybridized carbons (Fsp3) is 0.286. The van der Waals surface area contributed by atoms with Crippen LogP contribution in [-0.4, -0.2) is 40.1 Å². The number of benzene rings is 2. The molecule has 8 heteroatoms. The lowest BCUT2D eigenvalue weighted by atomic mass is 9.96. The van der Waals surface area contributed by atoms with Crippen molar-refractivity contribution in [1.29, 1.82) is 0 Å². The smallest absolute Gasteiger partial charge is 0.241 e. The Bertz CT molecular complexity index is 1000. The monoisotopic (exact) mass is 393 g/mol. The van der Waals surface area contributed by atoms with Gasteiger partial charge in [0.2, 0.25) is 17.6 Å². The molecule has 7 nitrogen and oxygen atoms in total. The van der Waals surface area contributed by atoms with Crippen molar-refractivity contribution in [3.63, 3.8) is 0 Å². The van der Waals surface area contributed by atoms with E-state index in [0.717, 1.165) is 11.1 Å². The Balaban J connectivity index is 1.17. The summed E-state index contributed by atoms with van der Waals surface area (Å²) in [4.78, 5) is 19.0. The van der Waals surface area contributed by atoms with Crippen molar-refractivity contribution >= 4 is 5.91 Å². The molecule has 5 rings (SSSR count). The maximum Gasteiger partial charge on any atom is 0.241 e. The average Bonchev–Trinajstić information content (AvgIpc) is 3.38. The first-order chi connectivity index (χ1) is 14.2. The number of halogens is 1. The molecule has 2 aromatic carbocycles. The molecule has 2 aliphatic heterocycles. The van der Waals surface area contributed by atoms with Gasteiger partial charge in [0, 0.05) is 24.7 Å². The maximum absolute atomic E-state index is 13.1. The first-order valence-electron chi connectivity index (χ1n) is 9.62. The Morgan fingerprint density at radius 3 is 2.59 bits per heavy atom. The number of rotatable bonds is 4. The van der Waals surface area contributed by atoms with Crippen LogP contribution in [0.3, 0.4) is 0 Å². The van der Waals surface area contributed by atoms with Crippen LogP contribution in [0, 0.1) is 5.82 Å². The lowest BCUT2D eigenvalue weighted by Gasteiger charge is -2.38. The van der Waals surface area contributed by atoms with Crippen molar-refractivity contribution in [2.24, 2.45) is 0 Å². The van der Waals surface area contributed by atoms with Gasteiger partial charge >= 0.3 is 0 Å². The van der Waals surface area contributed by atoms with Crippen molar-refractivity contribution in [2.75, 3.05) is 13.1 Å². The van der Waals surface area contributed by atoms with E-state index < -0.39 is 0 Å². The first kappa shape index (κ1) is 18.0. The van der Waals surface area contributed by atoms with Gasteiger partial charge in [-0.3, -0.25) is 4.79 Å². The highest BCUT2D eigenvalue weighted by Gasteiger charge is 2.40. The summed E-state index contributed by atoms with van der Waals surface area (Å²) < 4.78 is 18.5. The second-order valence-electron chi connectivity index (χ2n) is 7.44. The SMILES string of the molecule is O=C(C1CC(c2ccc(F)cc2)NN1)N1CC(c2nc(-c3ccccc3)no2)C1. The zero-order chi connectivity index (χ0) is 19.8. The van der Waals surface area contributed by atoms with E-state index >= 15 is 0 Å². The maximum atomic E-state index is 13.1. The molecule has 2 unspecified atom stereocenters. The third-order valence-electron chi connectivity index (χ3n) is 5.49. The Morgan fingerprint density at radius 2 is 1.83 bits per heavy atom. The molecule has 2 atom stereocenters. The van der Waals surface area contributed by atoms with E-state index in [1.807, 2.05) is 30.3 Å². The van der Waals surface area contributed by atoms with Gasteiger partial charge in [0.15, 0.2) is 0 Å². The molecule has 0 bridgehead atoms. The van der Waals surface area contributed by atoms with Gasteiger partial charge in [0.25, 0.3) is 0 Å². The number of hydrogen-bond acceptors (Lipinski definition) is 6. The molecule has 0 spiro atoms. The molecule has 2 N–H and O–H groups in total. The van der Waals surface area contributed by atoms with E-state index in [2.05, 4.69) is 21.0 Å². The molecule has 2 aliphatic rings. The normalized spacial score (nSPS) is 21.9. The van der Waals surface area contributed by atoms with Gasteiger partial charge in [-0.1, -0.05) is 47.6 Å². The molecule has 29 heavy (non-hydrogen) atoms. The molecule has 2 fully saturated rings. The molecule has 3 aromatic rings. The number of hydrogen-bond donors (Lipinski definition) is 2. The van der Waals surface area contributed by atoms with E-state index in [0.29, 0.717) is 31.2 Å². The molecule has 0 aliphatic carbocycles. The van der Waals surface area contributed by atoms with Gasteiger partial charge in [-0.25, -0.2) is 15.2 Å². The molecule has 0 saturated carbocycles. The zero-order valence-electron chi connectivity index (χ0n) is 15.6. The molecule has 3 heterocycles. The van der Waals surface area contributed by atoms with E-state index in [-0.39, 0.29) is 29.7 Å². The van der Waals surface area contributed by atoms with Crippen LogP contribution in [-0.2, 0) is 4.79 Å². The molecule has 1 aromatic heterocycles. The molecular formula is C21H20FN5O2. The first-order valence-corrected chi connectivity index (χ1v) is 9.62. The van der Waals surface area contributed by atoms with Crippen molar-refractivity contribution in [3.8, 4) is 11.4 Å². The largest absolute Gasteiger partial charge is 0.340 e. The van der Waals surface area contributed by atoms with Gasteiger partial charge in [0.05, 0.1) is 5.92 Å². The summed E-state index contributed by atoms with van der Waals surface area (Å²) in [5.74, 6) is 0.964. The van der Waals surface area contributed by atoms with Crippen molar-refractivity contribution in [1.82, 2.24) is 25.9 Å². The molecule has 148 valence electrons. The van der Waals surface area contributed by atoms with Crippen LogP contribution in [0.15, 0.2) is 59.1 Å². The highest BCUT2D eigenvalue weighted by molar-refractivity contribution is 5.83. The highest BCUT2D eigenvalue weighted by Crippen LogP contribution is 2.30. The number of carbonyl (C=O) groups excluding carboxylic acids is 1. The summed E-state index contributed by atoms with van der Waals surface area (Å²) in [6, 6.07) is 15.7. The van der Waals surface area contributed by atoms with Crippen LogP contribution >= 0.6 is 0 Å². The number of likely N-dealkylation sites (tertiary alicyclic amines) is 1. The Kier molecular flexibility index (Phi) is 4.57. The second kappa shape index (κ2) is 7.38. The average molecular weight is 393 g/mol. The predicted octanol–water partition coefficient (Wildman–Crippen LogP) is 2.41. The predicted molar refractivity (Wildman–Crippen MR) is 103 cm³/mol. The van der Waals surface area contributed by atoms with Crippen molar-refractivity contribution < 1.29 is 13.7 Å². The standard InChI is InChI=1S/C21H20FN5O2/c22-16-8-6-13(7-9-16)17-10-18(25-24-17)21(28)27-11-15(12-27)20-23-19(26-29-20)14-4-2-1-3-5-14/h1-9,15,17-18,24-25H,10-12H2. The lowest BCUT2D eigenvalue weighted by molar-refractivity contribution is -0.138. The summed E-state index contributed by atoms with van der Waals surface area (Å²) in [6.45, 7) is 1.13. The molecular weight excluding hydrogens is 373 g/mol. The Morgan fingerprint density at radius 1 is 1.07 bits per heavy atom. The van der Waals surface area contributed by atoms with E-state index in [1.165, 1.54) is 12.1 Å². The van der Waals surface area contributed by atoms with Crippen molar-refractivity contribution in [2.45, 2.75) is 24.4 Å². The van der Waals surface area contributed by atoms with Crippen LogP contribution in [0.25, 0.3) is 11.4 Å². The third-order valence-corrected chi connectivity index (χ3v) is 5.49. The summed E-state index contributed by atoms with van der Waals surface area (Å²) >= 11 is 0. The van der Waals surface area contributed by atoms with Gasteiger partial charge < -0.3 is 9.42 Å². The van der Waals surface area contributed by atoms with Gasteiger partial charge in [-0.15, -0.1) is 0 Å². The highest BCUT2D eigenvalue weighted by atomic mass is 19.1. The van der Waals surface area contributed by atoms with E-state index in [1.54, 1.807) is 17.0 Å². The number of carbonyl (C=O) groups is 1. The Labute approximate surface area is 166 Å². The number of amides is 1. The zero-order valence-corrected chi connectivity index (χ0v) is 15.6. The molecule has 0 radical (unpaired) electrons. The van der Waals surface area contributed by atoms with E-state index in [9.17, 15) is 9.18 Å². The van der Waals surface area contributed by atoms with E-state index in [4.69, 9.17) is 4.52 Å². The minimum absolute atomic E-state index is 0.0222. The second-order valence-corrected chi connectivity index (χ2v) is 7.44. The lowest BCUT2D eigenvalue weighted by Crippen LogP contribution is -2.54. The summed E-state index contributed by atoms with van der Waals surface area (Å²) in [5, 5.41) is 4.05. The summed E-state index contributed by atoms with van der Waals surface area (Å²) in [5.41, 5.74) is 8.05. The topological polar surface area (TPSA) is 83.3 Å². The summed E-state index contributed by atoms with van der Waals surface area (Å²) in [7, 11) is 0. The minimum Gasteiger partial charge on any atom is -0.340 e. The van der Waals surface area contributed by atoms with Crippen molar-refractivity contribution in [3.05, 3.63) is 71.9 Å². The molecule has 1 amide bonds. The number of aromatic nitrogens is 2. The third kappa shape index (κ3) is 3.52. The molecule has 2 saturated heterocycles. The fourth-order valence-electron chi connectivity index (χ4n) is 3.77. The van der Waals surface area contributed by atoms with Gasteiger partial charge in [-0.2, -0.15) is 4.98 Å². The number of hydrazine groups is 1. The van der Waals surface area contributed by atoms with Crippen LogP contribution in [0.5, 0.6) is 0 Å².